The van der Waals surface area contributed by atoms with Gasteiger partial charge in [0.25, 0.3) is 0 Å². The Morgan fingerprint density at radius 3 is 2.76 bits per heavy atom. The Morgan fingerprint density at radius 1 is 1.14 bits per heavy atom. The lowest BCUT2D eigenvalue weighted by Crippen LogP contribution is -2.16. The number of benzene rings is 3. The van der Waals surface area contributed by atoms with Gasteiger partial charge in [0, 0.05) is 16.8 Å². The molecule has 1 amide bonds. The number of amides is 1. The van der Waals surface area contributed by atoms with Crippen LogP contribution in [0.2, 0.25) is 5.02 Å². The smallest absolute Gasteiger partial charge is 0.417 e. The molecule has 0 unspecified atom stereocenters. The van der Waals surface area contributed by atoms with E-state index in [4.69, 9.17) is 21.1 Å². The molecule has 146 valence electrons. The number of rotatable bonds is 4. The molecular formula is C21H15ClFN3O3. The number of hydrogen-bond donors (Lipinski definition) is 2. The van der Waals surface area contributed by atoms with Gasteiger partial charge >= 0.3 is 6.09 Å². The summed E-state index contributed by atoms with van der Waals surface area (Å²) in [6, 6.07) is 16.1. The highest BCUT2D eigenvalue weighted by molar-refractivity contribution is 6.30. The summed E-state index contributed by atoms with van der Waals surface area (Å²) in [6.07, 6.45) is -0.665. The van der Waals surface area contributed by atoms with Gasteiger partial charge in [0.2, 0.25) is 0 Å². The third-order valence-electron chi connectivity index (χ3n) is 4.17. The third-order valence-corrected chi connectivity index (χ3v) is 4.40. The number of H-pyrrole nitrogens is 1. The molecule has 2 N–H and O–H groups in total. The van der Waals surface area contributed by atoms with Crippen LogP contribution in [0.4, 0.5) is 14.9 Å². The summed E-state index contributed by atoms with van der Waals surface area (Å²) >= 11 is 5.90. The number of nitrogens with zero attached hydrogens (tertiary/aromatic N) is 1. The van der Waals surface area contributed by atoms with Crippen molar-refractivity contribution in [2.75, 3.05) is 12.4 Å². The summed E-state index contributed by atoms with van der Waals surface area (Å²) < 4.78 is 24.9. The van der Waals surface area contributed by atoms with E-state index in [1.54, 1.807) is 54.6 Å². The first-order chi connectivity index (χ1) is 14.0. The molecule has 0 radical (unpaired) electrons. The van der Waals surface area contributed by atoms with Crippen molar-refractivity contribution in [1.29, 1.82) is 0 Å². The average Bonchev–Trinajstić information content (AvgIpc) is 3.10. The standard InChI is InChI=1S/C21H15ClFN3O3/c1-28-18-7-3-6-15(23)19(18)20-25-16-9-8-14(11-17(16)26-20)29-21(27)24-13-5-2-4-12(22)10-13/h2-11H,1H3,(H,24,27)(H,25,26). The molecule has 0 aliphatic heterocycles. The number of methoxy groups -OCH3 is 1. The zero-order valence-corrected chi connectivity index (χ0v) is 16.0. The summed E-state index contributed by atoms with van der Waals surface area (Å²) in [6.45, 7) is 0. The average molecular weight is 412 g/mol. The fourth-order valence-corrected chi connectivity index (χ4v) is 3.08. The van der Waals surface area contributed by atoms with Crippen LogP contribution in [0.5, 0.6) is 11.5 Å². The Hall–Kier alpha value is -3.58. The first-order valence-corrected chi connectivity index (χ1v) is 8.98. The molecule has 0 aliphatic rings. The quantitative estimate of drug-likeness (QED) is 0.455. The molecular weight excluding hydrogens is 397 g/mol. The summed E-state index contributed by atoms with van der Waals surface area (Å²) in [5.41, 5.74) is 1.91. The molecule has 4 aromatic rings. The van der Waals surface area contributed by atoms with E-state index in [0.29, 0.717) is 39.1 Å². The number of aromatic nitrogens is 2. The number of ether oxygens (including phenoxy) is 2. The highest BCUT2D eigenvalue weighted by Crippen LogP contribution is 2.32. The van der Waals surface area contributed by atoms with Crippen molar-refractivity contribution in [3.63, 3.8) is 0 Å². The molecule has 0 bridgehead atoms. The molecule has 6 nitrogen and oxygen atoms in total. The van der Waals surface area contributed by atoms with Gasteiger partial charge in [-0.2, -0.15) is 0 Å². The molecule has 0 saturated carbocycles. The largest absolute Gasteiger partial charge is 0.496 e. The van der Waals surface area contributed by atoms with Crippen LogP contribution in [0.1, 0.15) is 0 Å². The fourth-order valence-electron chi connectivity index (χ4n) is 2.89. The number of aromatic amines is 1. The van der Waals surface area contributed by atoms with Gasteiger partial charge in [0.15, 0.2) is 0 Å². The van der Waals surface area contributed by atoms with Crippen molar-refractivity contribution in [1.82, 2.24) is 9.97 Å². The molecule has 1 aromatic heterocycles. The van der Waals surface area contributed by atoms with Crippen LogP contribution in [-0.2, 0) is 0 Å². The topological polar surface area (TPSA) is 76.2 Å². The maximum absolute atomic E-state index is 14.3. The molecule has 29 heavy (non-hydrogen) atoms. The van der Waals surface area contributed by atoms with Gasteiger partial charge in [-0.25, -0.2) is 14.2 Å². The molecule has 0 fully saturated rings. The third kappa shape index (κ3) is 4.00. The lowest BCUT2D eigenvalue weighted by atomic mass is 10.2. The van der Waals surface area contributed by atoms with E-state index < -0.39 is 11.9 Å². The maximum Gasteiger partial charge on any atom is 0.417 e. The molecule has 0 spiro atoms. The highest BCUT2D eigenvalue weighted by atomic mass is 35.5. The van der Waals surface area contributed by atoms with Gasteiger partial charge in [-0.3, -0.25) is 5.32 Å². The van der Waals surface area contributed by atoms with Gasteiger partial charge in [-0.15, -0.1) is 0 Å². The number of carbonyl (C=O) groups excluding carboxylic acids is 1. The second-order valence-electron chi connectivity index (χ2n) is 6.11. The Labute approximate surface area is 170 Å². The lowest BCUT2D eigenvalue weighted by Gasteiger charge is -2.07. The predicted octanol–water partition coefficient (Wildman–Crippen LogP) is 5.64. The number of anilines is 1. The fraction of sp³-hybridized carbons (Fsp3) is 0.0476. The number of nitrogens with one attached hydrogen (secondary N) is 2. The van der Waals surface area contributed by atoms with E-state index in [2.05, 4.69) is 15.3 Å². The molecule has 0 aliphatic carbocycles. The normalized spacial score (nSPS) is 10.7. The van der Waals surface area contributed by atoms with Crippen LogP contribution in [0.3, 0.4) is 0 Å². The Kier molecular flexibility index (Phi) is 5.05. The van der Waals surface area contributed by atoms with Gasteiger partial charge in [-0.05, 0) is 42.5 Å². The van der Waals surface area contributed by atoms with Crippen molar-refractivity contribution in [2.24, 2.45) is 0 Å². The van der Waals surface area contributed by atoms with E-state index in [9.17, 15) is 9.18 Å². The minimum atomic E-state index is -0.665. The van der Waals surface area contributed by atoms with E-state index in [0.717, 1.165) is 0 Å². The van der Waals surface area contributed by atoms with Crippen LogP contribution < -0.4 is 14.8 Å². The minimum absolute atomic E-state index is 0.229. The first kappa shape index (κ1) is 18.8. The highest BCUT2D eigenvalue weighted by Gasteiger charge is 2.16. The van der Waals surface area contributed by atoms with E-state index in [-0.39, 0.29) is 5.56 Å². The van der Waals surface area contributed by atoms with E-state index >= 15 is 0 Å². The number of fused-ring (bicyclic) bond motifs is 1. The van der Waals surface area contributed by atoms with Gasteiger partial charge in [-0.1, -0.05) is 23.7 Å². The minimum Gasteiger partial charge on any atom is -0.496 e. The van der Waals surface area contributed by atoms with Crippen LogP contribution in [0, 0.1) is 5.82 Å². The molecule has 8 heteroatoms. The Bertz CT molecular complexity index is 1210. The monoisotopic (exact) mass is 411 g/mol. The van der Waals surface area contributed by atoms with Crippen molar-refractivity contribution in [3.05, 3.63) is 71.5 Å². The maximum atomic E-state index is 14.3. The zero-order valence-electron chi connectivity index (χ0n) is 15.2. The molecule has 0 atom stereocenters. The Morgan fingerprint density at radius 2 is 1.97 bits per heavy atom. The number of imidazole rings is 1. The van der Waals surface area contributed by atoms with Gasteiger partial charge in [0.05, 0.1) is 23.7 Å². The molecule has 0 saturated heterocycles. The summed E-state index contributed by atoms with van der Waals surface area (Å²) in [5, 5.41) is 3.09. The summed E-state index contributed by atoms with van der Waals surface area (Å²) in [5.74, 6) is 0.519. The van der Waals surface area contributed by atoms with Crippen molar-refractivity contribution in [3.8, 4) is 22.9 Å². The van der Waals surface area contributed by atoms with Gasteiger partial charge < -0.3 is 14.5 Å². The van der Waals surface area contributed by atoms with Crippen molar-refractivity contribution < 1.29 is 18.7 Å². The van der Waals surface area contributed by atoms with Crippen LogP contribution >= 0.6 is 11.6 Å². The van der Waals surface area contributed by atoms with Gasteiger partial charge in [0.1, 0.15) is 23.1 Å². The van der Waals surface area contributed by atoms with Crippen molar-refractivity contribution in [2.45, 2.75) is 0 Å². The van der Waals surface area contributed by atoms with Crippen molar-refractivity contribution >= 4 is 34.4 Å². The number of hydrogen-bond acceptors (Lipinski definition) is 4. The van der Waals surface area contributed by atoms with E-state index in [1.807, 2.05) is 0 Å². The summed E-state index contributed by atoms with van der Waals surface area (Å²) in [4.78, 5) is 19.6. The predicted molar refractivity (Wildman–Crippen MR) is 109 cm³/mol. The number of carbonyl (C=O) groups is 1. The van der Waals surface area contributed by atoms with Crippen LogP contribution in [0.15, 0.2) is 60.7 Å². The molecule has 1 heterocycles. The second kappa shape index (κ2) is 7.81. The lowest BCUT2D eigenvalue weighted by molar-refractivity contribution is 0.215. The number of halogens is 2. The first-order valence-electron chi connectivity index (χ1n) is 8.60. The molecule has 4 rings (SSSR count). The zero-order chi connectivity index (χ0) is 20.4. The second-order valence-corrected chi connectivity index (χ2v) is 6.54. The van der Waals surface area contributed by atoms with Crippen LogP contribution in [0.25, 0.3) is 22.4 Å². The van der Waals surface area contributed by atoms with E-state index in [1.165, 1.54) is 13.2 Å². The summed E-state index contributed by atoms with van der Waals surface area (Å²) in [7, 11) is 1.46. The SMILES string of the molecule is COc1cccc(F)c1-c1nc2ccc(OC(=O)Nc3cccc(Cl)c3)cc2[nH]1. The Balaban J connectivity index is 1.58. The van der Waals surface area contributed by atoms with Crippen LogP contribution in [-0.4, -0.2) is 23.2 Å². The molecule has 3 aromatic carbocycles.